The van der Waals surface area contributed by atoms with Crippen molar-refractivity contribution in [2.45, 2.75) is 44.1 Å². The number of aryl methyl sites for hydroxylation is 1. The second-order valence-electron chi connectivity index (χ2n) is 8.09. The fourth-order valence-corrected chi connectivity index (χ4v) is 4.19. The molecule has 2 aliphatic rings. The van der Waals surface area contributed by atoms with E-state index in [0.717, 1.165) is 18.4 Å². The third kappa shape index (κ3) is 3.65. The summed E-state index contributed by atoms with van der Waals surface area (Å²) in [7, 11) is 0. The summed E-state index contributed by atoms with van der Waals surface area (Å²) < 4.78 is 5.21. The summed E-state index contributed by atoms with van der Waals surface area (Å²) in [5, 5.41) is 7.94. The third-order valence-electron chi connectivity index (χ3n) is 5.81. The second kappa shape index (κ2) is 6.95. The standard InChI is InChI=1S/C22H21ClN4O2/c1-13-24-21(27-29-13)22(11-14-8-9-14)12-19(22)26-20(28)18-7-3-6-17(25-18)15-4-2-5-16(23)10-15/h2-7,10,14,19H,8-9,11-12H2,1H3,(H,26,28)/t19-,22+/m0/s1. The summed E-state index contributed by atoms with van der Waals surface area (Å²) in [5.74, 6) is 1.78. The number of nitrogens with one attached hydrogen (secondary N) is 1. The van der Waals surface area contributed by atoms with Crippen LogP contribution in [0.3, 0.4) is 0 Å². The lowest BCUT2D eigenvalue weighted by molar-refractivity contribution is 0.0942. The smallest absolute Gasteiger partial charge is 0.270 e. The molecule has 3 aromatic rings. The van der Waals surface area contributed by atoms with Crippen molar-refractivity contribution in [3.05, 3.63) is 64.9 Å². The molecule has 5 rings (SSSR count). The normalized spacial score (nSPS) is 23.0. The molecule has 2 saturated carbocycles. The molecule has 2 aliphatic carbocycles. The lowest BCUT2D eigenvalue weighted by Gasteiger charge is -2.14. The predicted octanol–water partition coefficient (Wildman–Crippen LogP) is 4.33. The van der Waals surface area contributed by atoms with Crippen LogP contribution in [0.15, 0.2) is 47.0 Å². The van der Waals surface area contributed by atoms with E-state index < -0.39 is 0 Å². The topological polar surface area (TPSA) is 80.9 Å². The van der Waals surface area contributed by atoms with Crippen molar-refractivity contribution in [3.63, 3.8) is 0 Å². The molecule has 148 valence electrons. The van der Waals surface area contributed by atoms with E-state index in [1.54, 1.807) is 13.0 Å². The first kappa shape index (κ1) is 18.3. The van der Waals surface area contributed by atoms with Gasteiger partial charge in [-0.05, 0) is 43.0 Å². The lowest BCUT2D eigenvalue weighted by atomic mass is 9.97. The molecule has 0 spiro atoms. The maximum atomic E-state index is 12.9. The Morgan fingerprint density at radius 3 is 2.79 bits per heavy atom. The number of carbonyl (C=O) groups is 1. The van der Waals surface area contributed by atoms with Crippen molar-refractivity contribution in [2.75, 3.05) is 0 Å². The number of rotatable bonds is 6. The van der Waals surface area contributed by atoms with E-state index in [2.05, 4.69) is 20.4 Å². The molecular weight excluding hydrogens is 388 g/mol. The summed E-state index contributed by atoms with van der Waals surface area (Å²) in [6.45, 7) is 1.79. The number of pyridine rings is 1. The Labute approximate surface area is 173 Å². The monoisotopic (exact) mass is 408 g/mol. The van der Waals surface area contributed by atoms with Crippen LogP contribution >= 0.6 is 11.6 Å². The van der Waals surface area contributed by atoms with Crippen LogP contribution in [0, 0.1) is 12.8 Å². The average molecular weight is 409 g/mol. The average Bonchev–Trinajstić information content (AvgIpc) is 3.62. The summed E-state index contributed by atoms with van der Waals surface area (Å²) >= 11 is 6.09. The molecule has 2 aromatic heterocycles. The minimum atomic E-state index is -0.209. The predicted molar refractivity (Wildman–Crippen MR) is 109 cm³/mol. The van der Waals surface area contributed by atoms with E-state index in [0.29, 0.717) is 34.0 Å². The molecule has 0 bridgehead atoms. The van der Waals surface area contributed by atoms with Crippen molar-refractivity contribution in [1.82, 2.24) is 20.4 Å². The van der Waals surface area contributed by atoms with Crippen LogP contribution < -0.4 is 5.32 Å². The fourth-order valence-electron chi connectivity index (χ4n) is 4.00. The van der Waals surface area contributed by atoms with Gasteiger partial charge in [0, 0.05) is 23.6 Å². The zero-order chi connectivity index (χ0) is 20.0. The number of carbonyl (C=O) groups excluding carboxylic acids is 1. The van der Waals surface area contributed by atoms with Gasteiger partial charge in [-0.2, -0.15) is 4.98 Å². The first-order valence-electron chi connectivity index (χ1n) is 9.88. The van der Waals surface area contributed by atoms with Gasteiger partial charge in [0.1, 0.15) is 5.69 Å². The first-order valence-corrected chi connectivity index (χ1v) is 10.3. The minimum Gasteiger partial charge on any atom is -0.347 e. The van der Waals surface area contributed by atoms with Crippen molar-refractivity contribution in [1.29, 1.82) is 0 Å². The number of benzene rings is 1. The number of amides is 1. The highest BCUT2D eigenvalue weighted by Gasteiger charge is 2.60. The molecule has 0 unspecified atom stereocenters. The molecule has 1 N–H and O–H groups in total. The van der Waals surface area contributed by atoms with Gasteiger partial charge in [-0.15, -0.1) is 0 Å². The van der Waals surface area contributed by atoms with Gasteiger partial charge in [0.15, 0.2) is 5.82 Å². The van der Waals surface area contributed by atoms with E-state index >= 15 is 0 Å². The van der Waals surface area contributed by atoms with E-state index in [-0.39, 0.29) is 17.4 Å². The molecule has 29 heavy (non-hydrogen) atoms. The summed E-state index contributed by atoms with van der Waals surface area (Å²) in [6.07, 6.45) is 4.31. The van der Waals surface area contributed by atoms with Crippen LogP contribution in [-0.4, -0.2) is 27.1 Å². The Kier molecular flexibility index (Phi) is 4.39. The van der Waals surface area contributed by atoms with Gasteiger partial charge in [0.2, 0.25) is 5.89 Å². The maximum absolute atomic E-state index is 12.9. The van der Waals surface area contributed by atoms with Crippen molar-refractivity contribution in [2.24, 2.45) is 5.92 Å². The Morgan fingerprint density at radius 2 is 2.07 bits per heavy atom. The number of aromatic nitrogens is 3. The van der Waals surface area contributed by atoms with E-state index in [1.807, 2.05) is 36.4 Å². The van der Waals surface area contributed by atoms with Crippen LogP contribution in [0.5, 0.6) is 0 Å². The highest BCUT2D eigenvalue weighted by Crippen LogP contribution is 2.55. The molecule has 0 saturated heterocycles. The molecule has 2 atom stereocenters. The molecule has 7 heteroatoms. The van der Waals surface area contributed by atoms with Gasteiger partial charge in [0.05, 0.1) is 11.1 Å². The zero-order valence-corrected chi connectivity index (χ0v) is 16.8. The van der Waals surface area contributed by atoms with Gasteiger partial charge in [-0.25, -0.2) is 4.98 Å². The minimum absolute atomic E-state index is 0.00391. The molecule has 2 heterocycles. The summed E-state index contributed by atoms with van der Waals surface area (Å²) in [5.41, 5.74) is 1.77. The van der Waals surface area contributed by atoms with E-state index in [1.165, 1.54) is 12.8 Å². The molecule has 1 amide bonds. The maximum Gasteiger partial charge on any atom is 0.270 e. The van der Waals surface area contributed by atoms with Gasteiger partial charge >= 0.3 is 0 Å². The summed E-state index contributed by atoms with van der Waals surface area (Å²) in [6, 6.07) is 12.9. The van der Waals surface area contributed by atoms with Crippen molar-refractivity contribution >= 4 is 17.5 Å². The molecular formula is C22H21ClN4O2. The van der Waals surface area contributed by atoms with E-state index in [4.69, 9.17) is 16.1 Å². The Bertz CT molecular complexity index is 1080. The van der Waals surface area contributed by atoms with Crippen molar-refractivity contribution in [3.8, 4) is 11.3 Å². The molecule has 0 aliphatic heterocycles. The first-order chi connectivity index (χ1) is 14.0. The van der Waals surface area contributed by atoms with Gasteiger partial charge < -0.3 is 9.84 Å². The van der Waals surface area contributed by atoms with E-state index in [9.17, 15) is 4.79 Å². The van der Waals surface area contributed by atoms with Crippen LogP contribution in [0.1, 0.15) is 47.9 Å². The van der Waals surface area contributed by atoms with Crippen LogP contribution in [0.25, 0.3) is 11.3 Å². The fraction of sp³-hybridized carbons (Fsp3) is 0.364. The highest BCUT2D eigenvalue weighted by molar-refractivity contribution is 6.30. The van der Waals surface area contributed by atoms with Gasteiger partial charge in [0.25, 0.3) is 5.91 Å². The Balaban J connectivity index is 1.35. The molecule has 6 nitrogen and oxygen atoms in total. The SMILES string of the molecule is Cc1nc([C@]2(CC3CC3)C[C@@H]2NC(=O)c2cccc(-c3cccc(Cl)c3)n2)no1. The highest BCUT2D eigenvalue weighted by atomic mass is 35.5. The van der Waals surface area contributed by atoms with Crippen molar-refractivity contribution < 1.29 is 9.32 Å². The largest absolute Gasteiger partial charge is 0.347 e. The van der Waals surface area contributed by atoms with Crippen LogP contribution in [0.4, 0.5) is 0 Å². The Hall–Kier alpha value is -2.73. The van der Waals surface area contributed by atoms with Gasteiger partial charge in [-0.1, -0.05) is 47.8 Å². The van der Waals surface area contributed by atoms with Gasteiger partial charge in [-0.3, -0.25) is 4.79 Å². The van der Waals surface area contributed by atoms with Crippen LogP contribution in [-0.2, 0) is 5.41 Å². The lowest BCUT2D eigenvalue weighted by Crippen LogP contribution is -2.32. The van der Waals surface area contributed by atoms with Crippen LogP contribution in [0.2, 0.25) is 5.02 Å². The molecule has 2 fully saturated rings. The summed E-state index contributed by atoms with van der Waals surface area (Å²) in [4.78, 5) is 21.9. The molecule has 0 radical (unpaired) electrons. The Morgan fingerprint density at radius 1 is 1.24 bits per heavy atom. The second-order valence-corrected chi connectivity index (χ2v) is 8.53. The number of hydrogen-bond donors (Lipinski definition) is 1. The quantitative estimate of drug-likeness (QED) is 0.656. The number of halogens is 1. The zero-order valence-electron chi connectivity index (χ0n) is 16.1. The number of nitrogens with zero attached hydrogens (tertiary/aromatic N) is 3. The number of hydrogen-bond acceptors (Lipinski definition) is 5. The molecule has 1 aromatic carbocycles. The third-order valence-corrected chi connectivity index (χ3v) is 6.04.